The Kier molecular flexibility index (Phi) is 9.77. The Morgan fingerprint density at radius 2 is 1.82 bits per heavy atom. The molecule has 182 valence electrons. The number of nitrogens with two attached hydrogens (primary N) is 1. The van der Waals surface area contributed by atoms with Crippen LogP contribution in [-0.2, 0) is 33.3 Å². The van der Waals surface area contributed by atoms with Crippen molar-refractivity contribution < 1.29 is 42.7 Å². The summed E-state index contributed by atoms with van der Waals surface area (Å²) in [7, 11) is 0. The average molecular weight is 466 g/mol. The highest BCUT2D eigenvalue weighted by atomic mass is 16.6. The highest BCUT2D eigenvalue weighted by Gasteiger charge is 2.50. The zero-order valence-electron chi connectivity index (χ0n) is 19.5. The van der Waals surface area contributed by atoms with Crippen LogP contribution in [0, 0.1) is 5.92 Å². The fourth-order valence-electron chi connectivity index (χ4n) is 3.59. The first-order valence-corrected chi connectivity index (χ1v) is 11.1. The van der Waals surface area contributed by atoms with Crippen molar-refractivity contribution in [3.05, 3.63) is 30.1 Å². The van der Waals surface area contributed by atoms with Crippen LogP contribution >= 0.6 is 0 Å². The van der Waals surface area contributed by atoms with Crippen molar-refractivity contribution in [3.8, 4) is 0 Å². The lowest BCUT2D eigenvalue weighted by Crippen LogP contribution is -2.46. The van der Waals surface area contributed by atoms with Crippen molar-refractivity contribution in [3.63, 3.8) is 0 Å². The predicted molar refractivity (Wildman–Crippen MR) is 114 cm³/mol. The van der Waals surface area contributed by atoms with Gasteiger partial charge < -0.3 is 24.7 Å². The molecule has 2 heterocycles. The molecule has 1 aromatic rings. The molecule has 2 rings (SSSR count). The summed E-state index contributed by atoms with van der Waals surface area (Å²) < 4.78 is 23.7. The fourth-order valence-corrected chi connectivity index (χ4v) is 3.59. The minimum Gasteiger partial charge on any atom is -0.463 e. The molecule has 0 unspecified atom stereocenters. The molecule has 0 aromatic carbocycles. The largest absolute Gasteiger partial charge is 0.463 e. The van der Waals surface area contributed by atoms with Gasteiger partial charge in [0.25, 0.3) is 5.91 Å². The van der Waals surface area contributed by atoms with Crippen LogP contribution in [0.3, 0.4) is 0 Å². The quantitative estimate of drug-likeness (QED) is 0.296. The lowest BCUT2D eigenvalue weighted by molar-refractivity contribution is -0.765. The van der Waals surface area contributed by atoms with E-state index < -0.39 is 42.3 Å². The third-order valence-electron chi connectivity index (χ3n) is 5.55. The summed E-state index contributed by atoms with van der Waals surface area (Å²) in [5.74, 6) is -2.39. The topological polar surface area (TPSA) is 135 Å². The molecule has 4 atom stereocenters. The Bertz CT molecular complexity index is 855. The maximum Gasteiger partial charge on any atom is 0.306 e. The highest BCUT2D eigenvalue weighted by Crippen LogP contribution is 2.33. The lowest BCUT2D eigenvalue weighted by atomic mass is 10.0. The van der Waals surface area contributed by atoms with E-state index in [0.29, 0.717) is 12.8 Å². The summed E-state index contributed by atoms with van der Waals surface area (Å²) in [6.45, 7) is 6.89. The molecule has 0 aliphatic carbocycles. The van der Waals surface area contributed by atoms with Gasteiger partial charge in [0.1, 0.15) is 24.4 Å². The molecule has 10 heteroatoms. The number of aromatic nitrogens is 1. The van der Waals surface area contributed by atoms with Gasteiger partial charge in [-0.05, 0) is 18.9 Å². The SMILES string of the molecule is CCC(CC)OC(=O)CCC(=O)OC[C@H]1O[C@@H]([n+]2cccc(C(N)=O)c2)[C@H](OC(C)=O)[C@@H]1C. The molecule has 10 nitrogen and oxygen atoms in total. The molecule has 1 fully saturated rings. The van der Waals surface area contributed by atoms with Crippen molar-refractivity contribution in [2.24, 2.45) is 11.7 Å². The Morgan fingerprint density at radius 3 is 2.42 bits per heavy atom. The summed E-state index contributed by atoms with van der Waals surface area (Å²) in [5, 5.41) is 0. The average Bonchev–Trinajstić information content (AvgIpc) is 3.09. The third-order valence-corrected chi connectivity index (χ3v) is 5.55. The van der Waals surface area contributed by atoms with E-state index in [9.17, 15) is 19.2 Å². The number of pyridine rings is 1. The zero-order chi connectivity index (χ0) is 24.5. The number of esters is 3. The normalized spacial score (nSPS) is 22.1. The number of carbonyl (C=O) groups excluding carboxylic acids is 4. The molecule has 1 saturated heterocycles. The second kappa shape index (κ2) is 12.3. The van der Waals surface area contributed by atoms with Crippen LogP contribution in [-0.4, -0.2) is 48.7 Å². The van der Waals surface area contributed by atoms with E-state index in [0.717, 1.165) is 0 Å². The Hall–Kier alpha value is -3.01. The molecule has 1 aliphatic rings. The van der Waals surface area contributed by atoms with Crippen LogP contribution in [0.1, 0.15) is 70.0 Å². The van der Waals surface area contributed by atoms with Crippen LogP contribution in [0.2, 0.25) is 0 Å². The molecule has 0 saturated carbocycles. The van der Waals surface area contributed by atoms with Gasteiger partial charge in [0.05, 0.1) is 12.8 Å². The Labute approximate surface area is 193 Å². The maximum atomic E-state index is 12.1. The van der Waals surface area contributed by atoms with Gasteiger partial charge in [0, 0.05) is 18.9 Å². The van der Waals surface area contributed by atoms with Crippen molar-refractivity contribution in [2.45, 2.75) is 77.9 Å². The number of carbonyl (C=O) groups is 4. The molecular weight excluding hydrogens is 432 g/mol. The van der Waals surface area contributed by atoms with Gasteiger partial charge in [-0.2, -0.15) is 4.57 Å². The first kappa shape index (κ1) is 26.2. The monoisotopic (exact) mass is 465 g/mol. The summed E-state index contributed by atoms with van der Waals surface area (Å²) in [6, 6.07) is 3.19. The molecule has 1 aromatic heterocycles. The molecule has 1 amide bonds. The number of hydrogen-bond donors (Lipinski definition) is 1. The maximum absolute atomic E-state index is 12.1. The number of hydrogen-bond acceptors (Lipinski definition) is 8. The molecular formula is C23H33N2O8+. The smallest absolute Gasteiger partial charge is 0.306 e. The van der Waals surface area contributed by atoms with E-state index in [1.54, 1.807) is 22.9 Å². The number of rotatable bonds is 11. The molecule has 33 heavy (non-hydrogen) atoms. The molecule has 0 bridgehead atoms. The lowest BCUT2D eigenvalue weighted by Gasteiger charge is -2.18. The van der Waals surface area contributed by atoms with E-state index in [4.69, 9.17) is 24.7 Å². The molecule has 1 aliphatic heterocycles. The number of primary amides is 1. The summed E-state index contributed by atoms with van der Waals surface area (Å²) in [5.41, 5.74) is 5.62. The minimum atomic E-state index is -0.734. The minimum absolute atomic E-state index is 0.0646. The standard InChI is InChI=1S/C23H32N2O8/c1-5-17(6-2)32-20(28)10-9-19(27)30-13-18-14(3)21(31-15(4)26)23(33-18)25-11-7-8-16(12-25)22(24)29/h7-8,11-12,14,17-18,21,23H,5-6,9-10,13H2,1-4H3,(H-,24,29)/p+1/t14-,18-,21-,23-/m1/s1. The Balaban J connectivity index is 1.98. The number of ether oxygens (including phenoxy) is 4. The van der Waals surface area contributed by atoms with E-state index in [1.807, 2.05) is 20.8 Å². The second-order valence-corrected chi connectivity index (χ2v) is 8.01. The predicted octanol–water partition coefficient (Wildman–Crippen LogP) is 1.59. The van der Waals surface area contributed by atoms with Crippen LogP contribution in [0.15, 0.2) is 24.5 Å². The summed E-state index contributed by atoms with van der Waals surface area (Å²) in [4.78, 5) is 47.2. The van der Waals surface area contributed by atoms with E-state index in [-0.39, 0.29) is 37.0 Å². The molecule has 2 N–H and O–H groups in total. The number of nitrogens with zero attached hydrogens (tertiary/aromatic N) is 1. The van der Waals surface area contributed by atoms with Crippen LogP contribution < -0.4 is 10.3 Å². The van der Waals surface area contributed by atoms with Gasteiger partial charge in [-0.15, -0.1) is 0 Å². The third kappa shape index (κ3) is 7.52. The van der Waals surface area contributed by atoms with Crippen LogP contribution in [0.25, 0.3) is 0 Å². The van der Waals surface area contributed by atoms with Gasteiger partial charge in [-0.3, -0.25) is 19.2 Å². The summed E-state index contributed by atoms with van der Waals surface area (Å²) in [6.07, 6.45) is 2.32. The van der Waals surface area contributed by atoms with E-state index >= 15 is 0 Å². The Morgan fingerprint density at radius 1 is 1.15 bits per heavy atom. The molecule has 0 spiro atoms. The zero-order valence-corrected chi connectivity index (χ0v) is 19.5. The van der Waals surface area contributed by atoms with Gasteiger partial charge >= 0.3 is 24.1 Å². The fraction of sp³-hybridized carbons (Fsp3) is 0.609. The van der Waals surface area contributed by atoms with Crippen LogP contribution in [0.5, 0.6) is 0 Å². The van der Waals surface area contributed by atoms with Gasteiger partial charge in [0.2, 0.25) is 0 Å². The highest BCUT2D eigenvalue weighted by molar-refractivity contribution is 5.92. The van der Waals surface area contributed by atoms with Gasteiger partial charge in [-0.1, -0.05) is 20.8 Å². The van der Waals surface area contributed by atoms with Crippen molar-refractivity contribution >= 4 is 23.8 Å². The number of amides is 1. The first-order valence-electron chi connectivity index (χ1n) is 11.1. The van der Waals surface area contributed by atoms with Gasteiger partial charge in [-0.25, -0.2) is 0 Å². The second-order valence-electron chi connectivity index (χ2n) is 8.01. The van der Waals surface area contributed by atoms with E-state index in [1.165, 1.54) is 13.1 Å². The van der Waals surface area contributed by atoms with E-state index in [2.05, 4.69) is 0 Å². The van der Waals surface area contributed by atoms with Gasteiger partial charge in [0.15, 0.2) is 18.5 Å². The summed E-state index contributed by atoms with van der Waals surface area (Å²) >= 11 is 0. The van der Waals surface area contributed by atoms with Crippen molar-refractivity contribution in [2.75, 3.05) is 6.61 Å². The van der Waals surface area contributed by atoms with Crippen molar-refractivity contribution in [1.82, 2.24) is 0 Å². The van der Waals surface area contributed by atoms with Crippen molar-refractivity contribution in [1.29, 1.82) is 0 Å². The molecule has 0 radical (unpaired) electrons. The first-order chi connectivity index (χ1) is 15.7. The van der Waals surface area contributed by atoms with Crippen LogP contribution in [0.4, 0.5) is 0 Å².